The first-order valence-corrected chi connectivity index (χ1v) is 9.27. The van der Waals surface area contributed by atoms with E-state index in [0.717, 1.165) is 21.1 Å². The third-order valence-corrected chi connectivity index (χ3v) is 5.04. The lowest BCUT2D eigenvalue weighted by atomic mass is 10.3. The van der Waals surface area contributed by atoms with Crippen molar-refractivity contribution in [3.63, 3.8) is 0 Å². The normalized spacial score (nSPS) is 10.8. The van der Waals surface area contributed by atoms with Gasteiger partial charge >= 0.3 is 0 Å². The largest absolute Gasteiger partial charge is 0.493 e. The second-order valence-electron chi connectivity index (χ2n) is 4.35. The average molecular weight is 397 g/mol. The van der Waals surface area contributed by atoms with Crippen LogP contribution in [0.2, 0.25) is 0 Å². The van der Waals surface area contributed by atoms with E-state index in [1.807, 2.05) is 35.0 Å². The van der Waals surface area contributed by atoms with E-state index in [1.54, 1.807) is 23.1 Å². The van der Waals surface area contributed by atoms with Gasteiger partial charge in [-0.2, -0.15) is 0 Å². The highest BCUT2D eigenvalue weighted by Gasteiger charge is 2.08. The van der Waals surface area contributed by atoms with Gasteiger partial charge in [-0.05, 0) is 40.1 Å². The molecule has 0 amide bonds. The predicted molar refractivity (Wildman–Crippen MR) is 91.6 cm³/mol. The van der Waals surface area contributed by atoms with E-state index in [2.05, 4.69) is 42.9 Å². The van der Waals surface area contributed by atoms with Crippen molar-refractivity contribution in [1.82, 2.24) is 20.2 Å². The van der Waals surface area contributed by atoms with Crippen molar-refractivity contribution in [1.29, 1.82) is 0 Å². The van der Waals surface area contributed by atoms with Gasteiger partial charge in [0.2, 0.25) is 5.16 Å². The molecule has 2 aromatic heterocycles. The van der Waals surface area contributed by atoms with Crippen LogP contribution in [0.25, 0.3) is 0 Å². The van der Waals surface area contributed by atoms with Crippen LogP contribution < -0.4 is 4.74 Å². The molecule has 0 aliphatic rings. The Kier molecular flexibility index (Phi) is 5.47. The fourth-order valence-corrected chi connectivity index (χ4v) is 3.56. The Morgan fingerprint density at radius 1 is 1.27 bits per heavy atom. The van der Waals surface area contributed by atoms with Gasteiger partial charge in [0, 0.05) is 15.1 Å². The number of ether oxygens (including phenoxy) is 1. The topological polar surface area (TPSA) is 52.8 Å². The first-order chi connectivity index (χ1) is 10.8. The summed E-state index contributed by atoms with van der Waals surface area (Å²) in [7, 11) is 0. The van der Waals surface area contributed by atoms with E-state index in [9.17, 15) is 0 Å². The van der Waals surface area contributed by atoms with Crippen LogP contribution in [0.15, 0.2) is 51.4 Å². The van der Waals surface area contributed by atoms with Crippen molar-refractivity contribution in [2.75, 3.05) is 12.4 Å². The van der Waals surface area contributed by atoms with Gasteiger partial charge < -0.3 is 4.74 Å². The second-order valence-corrected chi connectivity index (χ2v) is 7.36. The monoisotopic (exact) mass is 396 g/mol. The van der Waals surface area contributed by atoms with E-state index in [-0.39, 0.29) is 0 Å². The molecule has 0 saturated carbocycles. The number of hydrogen-bond donors (Lipinski definition) is 0. The van der Waals surface area contributed by atoms with Gasteiger partial charge in [-0.25, -0.2) is 4.68 Å². The lowest BCUT2D eigenvalue weighted by Crippen LogP contribution is -2.05. The molecule has 0 aliphatic carbocycles. The van der Waals surface area contributed by atoms with Crippen molar-refractivity contribution < 1.29 is 4.74 Å². The summed E-state index contributed by atoms with van der Waals surface area (Å²) in [6, 6.07) is 11.9. The van der Waals surface area contributed by atoms with Crippen LogP contribution >= 0.6 is 39.0 Å². The van der Waals surface area contributed by atoms with Crippen LogP contribution in [0.1, 0.15) is 4.88 Å². The number of rotatable bonds is 7. The van der Waals surface area contributed by atoms with Gasteiger partial charge in [-0.1, -0.05) is 39.8 Å². The van der Waals surface area contributed by atoms with Crippen LogP contribution in [-0.2, 0) is 6.54 Å². The number of aromatic nitrogens is 4. The Bertz CT molecular complexity index is 717. The van der Waals surface area contributed by atoms with Gasteiger partial charge in [0.15, 0.2) is 0 Å². The van der Waals surface area contributed by atoms with Gasteiger partial charge in [0.05, 0.1) is 13.2 Å². The summed E-state index contributed by atoms with van der Waals surface area (Å²) in [5, 5.41) is 14.7. The molecule has 3 rings (SSSR count). The summed E-state index contributed by atoms with van der Waals surface area (Å²) < 4.78 is 8.53. The minimum absolute atomic E-state index is 0.604. The number of tetrazole rings is 1. The summed E-state index contributed by atoms with van der Waals surface area (Å²) in [6.45, 7) is 1.31. The molecule has 1 aromatic carbocycles. The van der Waals surface area contributed by atoms with Crippen LogP contribution in [0.3, 0.4) is 0 Å². The molecule has 0 spiro atoms. The molecule has 0 atom stereocenters. The first kappa shape index (κ1) is 15.5. The molecule has 0 unspecified atom stereocenters. The van der Waals surface area contributed by atoms with Gasteiger partial charge in [-0.15, -0.1) is 16.4 Å². The number of benzene rings is 1. The molecule has 114 valence electrons. The Balaban J connectivity index is 1.49. The van der Waals surface area contributed by atoms with Crippen molar-refractivity contribution in [3.05, 3.63) is 51.1 Å². The molecule has 0 radical (unpaired) electrons. The molecular weight excluding hydrogens is 384 g/mol. The fourth-order valence-electron chi connectivity index (χ4n) is 1.80. The standard InChI is InChI=1S/C14H13BrN4OS2/c15-11-3-1-4-12(9-11)20-6-8-22-14-16-17-18-19(14)10-13-5-2-7-21-13/h1-5,7,9H,6,8,10H2. The molecule has 0 saturated heterocycles. The van der Waals surface area contributed by atoms with Gasteiger partial charge in [-0.3, -0.25) is 0 Å². The SMILES string of the molecule is Brc1cccc(OCCSc2nnnn2Cc2cccs2)c1. The highest BCUT2D eigenvalue weighted by Crippen LogP contribution is 2.20. The van der Waals surface area contributed by atoms with E-state index >= 15 is 0 Å². The van der Waals surface area contributed by atoms with E-state index in [1.165, 1.54) is 4.88 Å². The zero-order valence-electron chi connectivity index (χ0n) is 11.6. The van der Waals surface area contributed by atoms with Crippen molar-refractivity contribution in [2.45, 2.75) is 11.7 Å². The van der Waals surface area contributed by atoms with Gasteiger partial charge in [0.1, 0.15) is 5.75 Å². The Labute approximate surface area is 144 Å². The summed E-state index contributed by atoms with van der Waals surface area (Å²) in [4.78, 5) is 1.24. The van der Waals surface area contributed by atoms with E-state index in [4.69, 9.17) is 4.74 Å². The molecule has 0 bridgehead atoms. The minimum atomic E-state index is 0.604. The van der Waals surface area contributed by atoms with Crippen LogP contribution in [0, 0.1) is 0 Å². The van der Waals surface area contributed by atoms with Crippen LogP contribution in [-0.4, -0.2) is 32.6 Å². The molecule has 3 aromatic rings. The highest BCUT2D eigenvalue weighted by atomic mass is 79.9. The van der Waals surface area contributed by atoms with E-state index in [0.29, 0.717) is 13.2 Å². The van der Waals surface area contributed by atoms with E-state index < -0.39 is 0 Å². The number of thioether (sulfide) groups is 1. The minimum Gasteiger partial charge on any atom is -0.493 e. The molecule has 2 heterocycles. The summed E-state index contributed by atoms with van der Waals surface area (Å²) in [5.41, 5.74) is 0. The summed E-state index contributed by atoms with van der Waals surface area (Å²) in [5.74, 6) is 1.64. The second kappa shape index (κ2) is 7.75. The highest BCUT2D eigenvalue weighted by molar-refractivity contribution is 9.10. The molecule has 0 fully saturated rings. The van der Waals surface area contributed by atoms with Crippen LogP contribution in [0.5, 0.6) is 5.75 Å². The molecular formula is C14H13BrN4OS2. The lowest BCUT2D eigenvalue weighted by Gasteiger charge is -2.06. The summed E-state index contributed by atoms with van der Waals surface area (Å²) >= 11 is 6.72. The molecule has 0 aliphatic heterocycles. The Morgan fingerprint density at radius 2 is 2.23 bits per heavy atom. The number of hydrogen-bond acceptors (Lipinski definition) is 6. The average Bonchev–Trinajstić information content (AvgIpc) is 3.16. The van der Waals surface area contributed by atoms with Crippen molar-refractivity contribution >= 4 is 39.0 Å². The van der Waals surface area contributed by atoms with Crippen LogP contribution in [0.4, 0.5) is 0 Å². The Hall–Kier alpha value is -1.38. The maximum absolute atomic E-state index is 5.70. The summed E-state index contributed by atoms with van der Waals surface area (Å²) in [6.07, 6.45) is 0. The lowest BCUT2D eigenvalue weighted by molar-refractivity contribution is 0.343. The Morgan fingerprint density at radius 3 is 3.05 bits per heavy atom. The predicted octanol–water partition coefficient (Wildman–Crippen LogP) is 3.72. The van der Waals surface area contributed by atoms with Crippen molar-refractivity contribution in [3.8, 4) is 5.75 Å². The fraction of sp³-hybridized carbons (Fsp3) is 0.214. The third-order valence-electron chi connectivity index (χ3n) is 2.76. The molecule has 8 heteroatoms. The quantitative estimate of drug-likeness (QED) is 0.449. The molecule has 0 N–H and O–H groups in total. The number of halogens is 1. The zero-order chi connectivity index (χ0) is 15.2. The molecule has 5 nitrogen and oxygen atoms in total. The first-order valence-electron chi connectivity index (χ1n) is 6.61. The third kappa shape index (κ3) is 4.31. The maximum Gasteiger partial charge on any atom is 0.209 e. The maximum atomic E-state index is 5.70. The smallest absolute Gasteiger partial charge is 0.209 e. The van der Waals surface area contributed by atoms with Crippen molar-refractivity contribution in [2.24, 2.45) is 0 Å². The number of nitrogens with zero attached hydrogens (tertiary/aromatic N) is 4. The van der Waals surface area contributed by atoms with Gasteiger partial charge in [0.25, 0.3) is 0 Å². The number of thiophene rings is 1. The molecule has 22 heavy (non-hydrogen) atoms. The zero-order valence-corrected chi connectivity index (χ0v) is 14.8.